The Kier molecular flexibility index (Phi) is 6.62. The number of phenols is 1. The van der Waals surface area contributed by atoms with Crippen LogP contribution in [-0.4, -0.2) is 41.7 Å². The lowest BCUT2D eigenvalue weighted by Crippen LogP contribution is -2.43. The van der Waals surface area contributed by atoms with E-state index in [2.05, 4.69) is 0 Å². The number of hydrogen-bond donors (Lipinski definition) is 2. The Hall–Kier alpha value is -2.58. The summed E-state index contributed by atoms with van der Waals surface area (Å²) in [5.41, 5.74) is -1.88. The molecular weight excluding hydrogens is 411 g/mol. The van der Waals surface area contributed by atoms with Gasteiger partial charge in [0.25, 0.3) is 0 Å². The number of halogens is 3. The molecule has 1 fully saturated rings. The fourth-order valence-corrected chi connectivity index (χ4v) is 4.16. The molecule has 0 heterocycles. The number of carbonyl (C=O) groups is 1. The molecule has 8 heteroatoms. The lowest BCUT2D eigenvalue weighted by atomic mass is 9.71. The Labute approximate surface area is 179 Å². The number of benzene rings is 2. The van der Waals surface area contributed by atoms with E-state index in [1.165, 1.54) is 6.07 Å². The highest BCUT2D eigenvalue weighted by Gasteiger charge is 2.40. The van der Waals surface area contributed by atoms with Gasteiger partial charge in [-0.05, 0) is 62.8 Å². The molecule has 2 aromatic rings. The van der Waals surface area contributed by atoms with Crippen molar-refractivity contribution < 1.29 is 32.9 Å². The van der Waals surface area contributed by atoms with E-state index in [-0.39, 0.29) is 17.2 Å². The molecule has 0 aromatic heterocycles. The van der Waals surface area contributed by atoms with E-state index in [9.17, 15) is 28.2 Å². The van der Waals surface area contributed by atoms with Crippen molar-refractivity contribution in [2.75, 3.05) is 20.6 Å². The highest BCUT2D eigenvalue weighted by Crippen LogP contribution is 2.43. The molecule has 3 rings (SSSR count). The van der Waals surface area contributed by atoms with Crippen molar-refractivity contribution in [3.63, 3.8) is 0 Å². The highest BCUT2D eigenvalue weighted by atomic mass is 19.4. The molecule has 0 spiro atoms. The third-order valence-electron chi connectivity index (χ3n) is 5.71. The van der Waals surface area contributed by atoms with E-state index in [1.54, 1.807) is 18.2 Å². The van der Waals surface area contributed by atoms with Crippen molar-refractivity contribution in [2.45, 2.75) is 37.5 Å². The number of aliphatic hydroxyl groups is 1. The van der Waals surface area contributed by atoms with Crippen molar-refractivity contribution in [2.24, 2.45) is 5.92 Å². The van der Waals surface area contributed by atoms with E-state index in [1.807, 2.05) is 19.0 Å². The van der Waals surface area contributed by atoms with Gasteiger partial charge >= 0.3 is 12.1 Å². The van der Waals surface area contributed by atoms with Gasteiger partial charge in [-0.2, -0.15) is 13.2 Å². The third-order valence-corrected chi connectivity index (χ3v) is 5.71. The summed E-state index contributed by atoms with van der Waals surface area (Å²) in [5.74, 6) is -1.64. The molecule has 0 radical (unpaired) electrons. The molecule has 2 atom stereocenters. The molecule has 0 saturated heterocycles. The first-order valence-electron chi connectivity index (χ1n) is 10.1. The number of alkyl halides is 3. The van der Waals surface area contributed by atoms with Gasteiger partial charge in [0.05, 0.1) is 11.2 Å². The second-order valence-corrected chi connectivity index (χ2v) is 8.28. The Morgan fingerprint density at radius 2 is 1.94 bits per heavy atom. The van der Waals surface area contributed by atoms with Crippen LogP contribution in [0.1, 0.15) is 47.2 Å². The number of aromatic hydroxyl groups is 1. The quantitative estimate of drug-likeness (QED) is 0.530. The zero-order valence-corrected chi connectivity index (χ0v) is 17.4. The molecule has 0 bridgehead atoms. The van der Waals surface area contributed by atoms with Crippen LogP contribution in [0.2, 0.25) is 0 Å². The molecule has 1 aliphatic carbocycles. The van der Waals surface area contributed by atoms with Gasteiger partial charge in [0.15, 0.2) is 0 Å². The fourth-order valence-electron chi connectivity index (χ4n) is 4.16. The minimum atomic E-state index is -4.63. The van der Waals surface area contributed by atoms with Crippen LogP contribution in [0.5, 0.6) is 11.5 Å². The summed E-state index contributed by atoms with van der Waals surface area (Å²) in [6.07, 6.45) is -1.26. The summed E-state index contributed by atoms with van der Waals surface area (Å²) in [6, 6.07) is 8.62. The summed E-state index contributed by atoms with van der Waals surface area (Å²) in [5, 5.41) is 21.3. The summed E-state index contributed by atoms with van der Waals surface area (Å²) < 4.78 is 43.6. The number of nitrogens with zero attached hydrogens (tertiary/aromatic N) is 1. The predicted molar refractivity (Wildman–Crippen MR) is 109 cm³/mol. The van der Waals surface area contributed by atoms with Crippen LogP contribution < -0.4 is 4.74 Å². The van der Waals surface area contributed by atoms with Crippen molar-refractivity contribution in [1.29, 1.82) is 0 Å². The van der Waals surface area contributed by atoms with Crippen molar-refractivity contribution in [3.05, 3.63) is 59.2 Å². The van der Waals surface area contributed by atoms with Gasteiger partial charge in [0, 0.05) is 12.5 Å². The minimum Gasteiger partial charge on any atom is -0.507 e. The summed E-state index contributed by atoms with van der Waals surface area (Å²) in [7, 11) is 3.90. The fraction of sp³-hybridized carbons (Fsp3) is 0.435. The normalized spacial score (nSPS) is 21.8. The molecule has 0 unspecified atom stereocenters. The molecule has 1 aliphatic rings. The second-order valence-electron chi connectivity index (χ2n) is 8.28. The van der Waals surface area contributed by atoms with Crippen LogP contribution in [0.4, 0.5) is 13.2 Å². The van der Waals surface area contributed by atoms with Crippen LogP contribution in [0.15, 0.2) is 42.5 Å². The van der Waals surface area contributed by atoms with Gasteiger partial charge in [-0.3, -0.25) is 0 Å². The van der Waals surface area contributed by atoms with Gasteiger partial charge in [-0.1, -0.05) is 25.0 Å². The monoisotopic (exact) mass is 437 g/mol. The van der Waals surface area contributed by atoms with Gasteiger partial charge in [0.1, 0.15) is 17.1 Å². The largest absolute Gasteiger partial charge is 0.507 e. The van der Waals surface area contributed by atoms with Crippen LogP contribution in [0, 0.1) is 5.92 Å². The molecule has 0 aliphatic heterocycles. The molecule has 0 amide bonds. The third kappa shape index (κ3) is 5.19. The number of ether oxygens (including phenoxy) is 1. The average molecular weight is 437 g/mol. The average Bonchev–Trinajstić information content (AvgIpc) is 2.69. The zero-order chi connectivity index (χ0) is 22.8. The summed E-state index contributed by atoms with van der Waals surface area (Å²) >= 11 is 0. The van der Waals surface area contributed by atoms with E-state index < -0.39 is 29.1 Å². The van der Waals surface area contributed by atoms with Crippen LogP contribution in [0.3, 0.4) is 0 Å². The molecule has 31 heavy (non-hydrogen) atoms. The van der Waals surface area contributed by atoms with Gasteiger partial charge in [0.2, 0.25) is 0 Å². The smallest absolute Gasteiger partial charge is 0.416 e. The number of rotatable bonds is 5. The van der Waals surface area contributed by atoms with Gasteiger partial charge in [-0.25, -0.2) is 4.79 Å². The van der Waals surface area contributed by atoms with Crippen LogP contribution >= 0.6 is 0 Å². The van der Waals surface area contributed by atoms with Crippen LogP contribution in [-0.2, 0) is 11.8 Å². The first-order chi connectivity index (χ1) is 14.5. The Morgan fingerprint density at radius 3 is 2.58 bits per heavy atom. The number of phenolic OH excluding ortho intramolecular Hbond substituents is 1. The molecule has 5 nitrogen and oxygen atoms in total. The minimum absolute atomic E-state index is 0.0150. The maximum absolute atomic E-state index is 12.8. The Bertz CT molecular complexity index is 945. The first kappa shape index (κ1) is 23.1. The van der Waals surface area contributed by atoms with Crippen molar-refractivity contribution in [1.82, 2.24) is 4.90 Å². The van der Waals surface area contributed by atoms with E-state index in [4.69, 9.17) is 4.74 Å². The first-order valence-corrected chi connectivity index (χ1v) is 10.1. The van der Waals surface area contributed by atoms with E-state index >= 15 is 0 Å². The molecular formula is C23H26F3NO4. The molecule has 2 N–H and O–H groups in total. The predicted octanol–water partition coefficient (Wildman–Crippen LogP) is 4.57. The maximum Gasteiger partial charge on any atom is 0.416 e. The topological polar surface area (TPSA) is 70.0 Å². The Morgan fingerprint density at radius 1 is 1.19 bits per heavy atom. The number of hydrogen-bond acceptors (Lipinski definition) is 5. The standard InChI is InChI=1S/C23H26F3NO4/c1-27(2)14-17-6-3-4-11-22(17,30)15-7-5-8-18(12-15)31-21(29)19-10-9-16(13-20(19)28)23(24,25)26/h5,7-10,12-13,17,28,30H,3-4,6,11,14H2,1-2H3/t17-,22+/m1/s1. The molecule has 1 saturated carbocycles. The Balaban J connectivity index is 1.83. The van der Waals surface area contributed by atoms with Gasteiger partial charge in [-0.15, -0.1) is 0 Å². The summed E-state index contributed by atoms with van der Waals surface area (Å²) in [6.45, 7) is 0.708. The SMILES string of the molecule is CN(C)C[C@H]1CCCC[C@]1(O)c1cccc(OC(=O)c2ccc(C(F)(F)F)cc2O)c1. The number of esters is 1. The highest BCUT2D eigenvalue weighted by molar-refractivity contribution is 5.94. The van der Waals surface area contributed by atoms with E-state index in [0.717, 1.165) is 25.3 Å². The maximum atomic E-state index is 12.8. The summed E-state index contributed by atoms with van der Waals surface area (Å²) in [4.78, 5) is 14.5. The van der Waals surface area contributed by atoms with E-state index in [0.29, 0.717) is 30.7 Å². The van der Waals surface area contributed by atoms with Crippen molar-refractivity contribution >= 4 is 5.97 Å². The lowest BCUT2D eigenvalue weighted by molar-refractivity contribution is -0.137. The van der Waals surface area contributed by atoms with Crippen LogP contribution in [0.25, 0.3) is 0 Å². The number of carbonyl (C=O) groups excluding carboxylic acids is 1. The second kappa shape index (κ2) is 8.88. The van der Waals surface area contributed by atoms with Crippen molar-refractivity contribution in [3.8, 4) is 11.5 Å². The molecule has 2 aromatic carbocycles. The lowest BCUT2D eigenvalue weighted by Gasteiger charge is -2.41. The molecule has 168 valence electrons. The van der Waals surface area contributed by atoms with Gasteiger partial charge < -0.3 is 19.8 Å². The zero-order valence-electron chi connectivity index (χ0n) is 17.4.